The van der Waals surface area contributed by atoms with Gasteiger partial charge in [0.15, 0.2) is 11.6 Å². The molecule has 2 aromatic carbocycles. The molecular formula is C24H28FN3O4. The maximum Gasteiger partial charge on any atom is 0.251 e. The van der Waals surface area contributed by atoms with Crippen LogP contribution in [0, 0.1) is 5.82 Å². The fraction of sp³-hybridized carbons (Fsp3) is 0.375. The van der Waals surface area contributed by atoms with E-state index in [4.69, 9.17) is 4.74 Å². The Morgan fingerprint density at radius 3 is 2.66 bits per heavy atom. The van der Waals surface area contributed by atoms with Gasteiger partial charge in [0.1, 0.15) is 0 Å². The zero-order valence-electron chi connectivity index (χ0n) is 18.1. The number of nitrogens with one attached hydrogen (secondary N) is 2. The molecule has 2 aromatic rings. The molecule has 1 unspecified atom stereocenters. The van der Waals surface area contributed by atoms with Crippen molar-refractivity contribution in [1.82, 2.24) is 15.5 Å². The number of methoxy groups -OCH3 is 1. The molecule has 0 aliphatic carbocycles. The summed E-state index contributed by atoms with van der Waals surface area (Å²) in [6, 6.07) is 12.8. The number of carbonyl (C=O) groups is 3. The molecule has 0 spiro atoms. The van der Waals surface area contributed by atoms with Gasteiger partial charge in [-0.3, -0.25) is 14.4 Å². The molecule has 1 atom stereocenters. The summed E-state index contributed by atoms with van der Waals surface area (Å²) in [4.78, 5) is 39.7. The Hall–Kier alpha value is -3.42. The fourth-order valence-electron chi connectivity index (χ4n) is 3.76. The van der Waals surface area contributed by atoms with E-state index in [1.165, 1.54) is 19.2 Å². The second kappa shape index (κ2) is 11.3. The monoisotopic (exact) mass is 441 g/mol. The zero-order valence-corrected chi connectivity index (χ0v) is 18.1. The molecular weight excluding hydrogens is 413 g/mol. The van der Waals surface area contributed by atoms with Gasteiger partial charge in [-0.25, -0.2) is 4.39 Å². The van der Waals surface area contributed by atoms with Gasteiger partial charge >= 0.3 is 0 Å². The average molecular weight is 442 g/mol. The van der Waals surface area contributed by atoms with Crippen molar-refractivity contribution in [3.05, 3.63) is 65.5 Å². The number of hydrogen-bond donors (Lipinski definition) is 2. The zero-order chi connectivity index (χ0) is 22.9. The molecule has 0 radical (unpaired) electrons. The number of rotatable bonds is 5. The molecule has 32 heavy (non-hydrogen) atoms. The molecule has 3 rings (SSSR count). The lowest BCUT2D eigenvalue weighted by Crippen LogP contribution is -2.44. The summed E-state index contributed by atoms with van der Waals surface area (Å²) in [7, 11) is 1.34. The lowest BCUT2D eigenvalue weighted by Gasteiger charge is -2.33. The Morgan fingerprint density at radius 1 is 1.16 bits per heavy atom. The number of ether oxygens (including phenoxy) is 1. The van der Waals surface area contributed by atoms with E-state index < -0.39 is 17.8 Å². The minimum Gasteiger partial charge on any atom is -0.494 e. The highest BCUT2D eigenvalue weighted by atomic mass is 19.1. The second-order valence-electron chi connectivity index (χ2n) is 7.66. The largest absolute Gasteiger partial charge is 0.494 e. The van der Waals surface area contributed by atoms with Crippen molar-refractivity contribution in [2.75, 3.05) is 26.7 Å². The molecule has 1 aliphatic heterocycles. The second-order valence-corrected chi connectivity index (χ2v) is 7.66. The maximum atomic E-state index is 13.9. The first-order valence-electron chi connectivity index (χ1n) is 10.7. The number of nitrogens with zero attached hydrogens (tertiary/aromatic N) is 1. The third kappa shape index (κ3) is 6.06. The van der Waals surface area contributed by atoms with Crippen LogP contribution in [-0.4, -0.2) is 49.4 Å². The Kier molecular flexibility index (Phi) is 8.19. The molecule has 170 valence electrons. The van der Waals surface area contributed by atoms with E-state index in [9.17, 15) is 18.8 Å². The third-order valence-corrected chi connectivity index (χ3v) is 5.47. The van der Waals surface area contributed by atoms with Gasteiger partial charge in [0.05, 0.1) is 26.1 Å². The van der Waals surface area contributed by atoms with Crippen molar-refractivity contribution in [3.63, 3.8) is 0 Å². The van der Waals surface area contributed by atoms with Crippen LogP contribution in [0.1, 0.15) is 47.6 Å². The van der Waals surface area contributed by atoms with Crippen molar-refractivity contribution in [2.45, 2.75) is 31.7 Å². The van der Waals surface area contributed by atoms with Crippen LogP contribution in [0.2, 0.25) is 0 Å². The van der Waals surface area contributed by atoms with Gasteiger partial charge in [-0.1, -0.05) is 30.3 Å². The van der Waals surface area contributed by atoms with Gasteiger partial charge in [0.25, 0.3) is 5.91 Å². The molecule has 1 saturated heterocycles. The Morgan fingerprint density at radius 2 is 1.94 bits per heavy atom. The highest BCUT2D eigenvalue weighted by Crippen LogP contribution is 2.26. The lowest BCUT2D eigenvalue weighted by molar-refractivity contribution is -0.134. The molecule has 0 bridgehead atoms. The van der Waals surface area contributed by atoms with Crippen molar-refractivity contribution in [3.8, 4) is 5.75 Å². The normalized spacial score (nSPS) is 17.2. The summed E-state index contributed by atoms with van der Waals surface area (Å²) < 4.78 is 18.8. The Balaban J connectivity index is 1.74. The predicted molar refractivity (Wildman–Crippen MR) is 118 cm³/mol. The van der Waals surface area contributed by atoms with Gasteiger partial charge in [-0.2, -0.15) is 0 Å². The maximum absolute atomic E-state index is 13.9. The van der Waals surface area contributed by atoms with Crippen LogP contribution in [0.15, 0.2) is 48.5 Å². The minimum absolute atomic E-state index is 0.0363. The van der Waals surface area contributed by atoms with Crippen molar-refractivity contribution < 1.29 is 23.5 Å². The van der Waals surface area contributed by atoms with E-state index in [1.54, 1.807) is 4.90 Å². The minimum atomic E-state index is -0.655. The summed E-state index contributed by atoms with van der Waals surface area (Å²) in [5, 5.41) is 5.48. The van der Waals surface area contributed by atoms with E-state index in [0.29, 0.717) is 13.1 Å². The molecule has 3 amide bonds. The van der Waals surface area contributed by atoms with Crippen LogP contribution in [0.25, 0.3) is 0 Å². The molecule has 0 saturated carbocycles. The smallest absolute Gasteiger partial charge is 0.251 e. The first kappa shape index (κ1) is 23.2. The van der Waals surface area contributed by atoms with E-state index in [1.807, 2.05) is 30.3 Å². The first-order valence-corrected chi connectivity index (χ1v) is 10.7. The van der Waals surface area contributed by atoms with Crippen LogP contribution in [0.5, 0.6) is 5.75 Å². The van der Waals surface area contributed by atoms with Gasteiger partial charge in [-0.15, -0.1) is 0 Å². The van der Waals surface area contributed by atoms with Gasteiger partial charge < -0.3 is 20.3 Å². The summed E-state index contributed by atoms with van der Waals surface area (Å²) in [6.45, 7) is 0.860. The topological polar surface area (TPSA) is 87.7 Å². The van der Waals surface area contributed by atoms with Crippen LogP contribution in [0.4, 0.5) is 4.39 Å². The molecule has 1 aliphatic rings. The van der Waals surface area contributed by atoms with Crippen molar-refractivity contribution in [1.29, 1.82) is 0 Å². The summed E-state index contributed by atoms with van der Waals surface area (Å²) in [5.74, 6) is -1.59. The number of hydrogen-bond acceptors (Lipinski definition) is 4. The molecule has 1 heterocycles. The van der Waals surface area contributed by atoms with E-state index in [-0.39, 0.29) is 36.1 Å². The number of amides is 3. The Bertz CT molecular complexity index is 952. The molecule has 0 aromatic heterocycles. The van der Waals surface area contributed by atoms with Gasteiger partial charge in [0, 0.05) is 18.7 Å². The van der Waals surface area contributed by atoms with Crippen LogP contribution >= 0.6 is 0 Å². The Labute approximate surface area is 186 Å². The van der Waals surface area contributed by atoms with Gasteiger partial charge in [-0.05, 0) is 43.0 Å². The fourth-order valence-corrected chi connectivity index (χ4v) is 3.76. The van der Waals surface area contributed by atoms with Crippen LogP contribution in [-0.2, 0) is 9.59 Å². The summed E-state index contributed by atoms with van der Waals surface area (Å²) >= 11 is 0. The van der Waals surface area contributed by atoms with Crippen molar-refractivity contribution in [2.24, 2.45) is 0 Å². The van der Waals surface area contributed by atoms with E-state index in [2.05, 4.69) is 10.6 Å². The van der Waals surface area contributed by atoms with E-state index in [0.717, 1.165) is 30.9 Å². The highest BCUT2D eigenvalue weighted by Gasteiger charge is 2.28. The standard InChI is InChI=1S/C24H28FN3O4/c1-32-21-11-10-18(14-19(21)25)24(31)27-16-23(30)28-13-7-3-6-12-26-22(29)15-20(28)17-8-4-2-5-9-17/h2,4-5,8-11,14,20H,3,6-7,12-13,15-16H2,1H3,(H,26,29)(H,27,31). The highest BCUT2D eigenvalue weighted by molar-refractivity contribution is 5.96. The molecule has 8 heteroatoms. The number of halogens is 1. The first-order chi connectivity index (χ1) is 15.5. The van der Waals surface area contributed by atoms with Crippen LogP contribution < -0.4 is 15.4 Å². The van der Waals surface area contributed by atoms with Crippen LogP contribution in [0.3, 0.4) is 0 Å². The molecule has 2 N–H and O–H groups in total. The molecule has 1 fully saturated rings. The molecule has 7 nitrogen and oxygen atoms in total. The van der Waals surface area contributed by atoms with E-state index >= 15 is 0 Å². The quantitative estimate of drug-likeness (QED) is 0.747. The van der Waals surface area contributed by atoms with Gasteiger partial charge in [0.2, 0.25) is 11.8 Å². The number of benzene rings is 2. The summed E-state index contributed by atoms with van der Waals surface area (Å²) in [5.41, 5.74) is 0.955. The third-order valence-electron chi connectivity index (χ3n) is 5.47. The average Bonchev–Trinajstić information content (AvgIpc) is 2.81. The summed E-state index contributed by atoms with van der Waals surface area (Å²) in [6.07, 6.45) is 2.67. The number of carbonyl (C=O) groups excluding carboxylic acids is 3. The van der Waals surface area contributed by atoms with Crippen molar-refractivity contribution >= 4 is 17.7 Å². The predicted octanol–water partition coefficient (Wildman–Crippen LogP) is 2.82. The lowest BCUT2D eigenvalue weighted by atomic mass is 10.00. The SMILES string of the molecule is COc1ccc(C(=O)NCC(=O)N2CCCCCNC(=O)CC2c2ccccc2)cc1F.